The molecule has 80 valence electrons. The topological polar surface area (TPSA) is 47.6 Å². The van der Waals surface area contributed by atoms with Gasteiger partial charge in [-0.3, -0.25) is 4.79 Å². The average Bonchev–Trinajstić information content (AvgIpc) is 2.29. The number of hydrogen-bond donors (Lipinski definition) is 1. The molecule has 0 saturated heterocycles. The second-order valence-corrected chi connectivity index (χ2v) is 3.41. The summed E-state index contributed by atoms with van der Waals surface area (Å²) < 4.78 is 10.9. The highest BCUT2D eigenvalue weighted by molar-refractivity contribution is 5.49. The van der Waals surface area contributed by atoms with Gasteiger partial charge in [-0.15, -0.1) is 0 Å². The first-order valence-electron chi connectivity index (χ1n) is 4.90. The summed E-state index contributed by atoms with van der Waals surface area (Å²) in [5.74, 6) is 1.52. The second-order valence-electron chi connectivity index (χ2n) is 3.41. The summed E-state index contributed by atoms with van der Waals surface area (Å²) in [4.78, 5) is 10.3. The van der Waals surface area contributed by atoms with E-state index in [2.05, 4.69) is 5.32 Å². The van der Waals surface area contributed by atoms with Crippen LogP contribution in [0.4, 0.5) is 0 Å². The maximum Gasteiger partial charge on any atom is 0.207 e. The van der Waals surface area contributed by atoms with Gasteiger partial charge < -0.3 is 14.8 Å². The van der Waals surface area contributed by atoms with Gasteiger partial charge in [0.25, 0.3) is 0 Å². The fourth-order valence-corrected chi connectivity index (χ4v) is 1.53. The van der Waals surface area contributed by atoms with E-state index < -0.39 is 0 Å². The standard InChI is InChI=1S/C11H13NO3/c1-8(12-7-13)9-2-3-10-11(6-9)15-5-4-14-10/h2-3,6-8H,4-5H2,1H3,(H,12,13)/t8-/m0/s1. The van der Waals surface area contributed by atoms with E-state index >= 15 is 0 Å². The zero-order valence-electron chi connectivity index (χ0n) is 8.53. The summed E-state index contributed by atoms with van der Waals surface area (Å²) >= 11 is 0. The maximum atomic E-state index is 10.3. The minimum Gasteiger partial charge on any atom is -0.486 e. The van der Waals surface area contributed by atoms with Gasteiger partial charge >= 0.3 is 0 Å². The number of nitrogens with one attached hydrogen (secondary N) is 1. The van der Waals surface area contributed by atoms with Crippen molar-refractivity contribution in [2.75, 3.05) is 13.2 Å². The molecule has 1 aromatic rings. The lowest BCUT2D eigenvalue weighted by Crippen LogP contribution is -2.18. The number of benzene rings is 1. The molecule has 1 atom stereocenters. The minimum absolute atomic E-state index is 0.0154. The summed E-state index contributed by atoms with van der Waals surface area (Å²) in [6.07, 6.45) is 0.696. The highest BCUT2D eigenvalue weighted by Crippen LogP contribution is 2.32. The first-order valence-corrected chi connectivity index (χ1v) is 4.90. The van der Waals surface area contributed by atoms with Crippen molar-refractivity contribution in [3.8, 4) is 11.5 Å². The lowest BCUT2D eigenvalue weighted by Gasteiger charge is -2.20. The number of hydrogen-bond acceptors (Lipinski definition) is 3. The van der Waals surface area contributed by atoms with Crippen LogP contribution in [0, 0.1) is 0 Å². The predicted octanol–water partition coefficient (Wildman–Crippen LogP) is 1.26. The summed E-state index contributed by atoms with van der Waals surface area (Å²) in [5, 5.41) is 2.69. The third-order valence-electron chi connectivity index (χ3n) is 2.38. The van der Waals surface area contributed by atoms with E-state index in [-0.39, 0.29) is 6.04 Å². The first kappa shape index (κ1) is 9.83. The molecule has 1 aliphatic rings. The molecule has 0 unspecified atom stereocenters. The monoisotopic (exact) mass is 207 g/mol. The van der Waals surface area contributed by atoms with E-state index in [1.807, 2.05) is 25.1 Å². The molecule has 1 N–H and O–H groups in total. The lowest BCUT2D eigenvalue weighted by molar-refractivity contribution is -0.110. The third-order valence-corrected chi connectivity index (χ3v) is 2.38. The van der Waals surface area contributed by atoms with E-state index in [1.54, 1.807) is 0 Å². The van der Waals surface area contributed by atoms with Crippen molar-refractivity contribution in [3.63, 3.8) is 0 Å². The van der Waals surface area contributed by atoms with Crippen LogP contribution in [0.3, 0.4) is 0 Å². The van der Waals surface area contributed by atoms with Crippen molar-refractivity contribution >= 4 is 6.41 Å². The van der Waals surface area contributed by atoms with Crippen LogP contribution in [0.2, 0.25) is 0 Å². The molecule has 0 spiro atoms. The van der Waals surface area contributed by atoms with Crippen molar-refractivity contribution in [1.82, 2.24) is 5.32 Å². The third kappa shape index (κ3) is 2.03. The average molecular weight is 207 g/mol. The van der Waals surface area contributed by atoms with E-state index in [0.29, 0.717) is 19.6 Å². The summed E-state index contributed by atoms with van der Waals surface area (Å²) in [5.41, 5.74) is 1.01. The molecule has 0 radical (unpaired) electrons. The largest absolute Gasteiger partial charge is 0.486 e. The molecule has 4 nitrogen and oxygen atoms in total. The number of fused-ring (bicyclic) bond motifs is 1. The molecule has 0 bridgehead atoms. The van der Waals surface area contributed by atoms with Gasteiger partial charge in [0.1, 0.15) is 13.2 Å². The Bertz CT molecular complexity index is 365. The minimum atomic E-state index is -0.0154. The molecule has 1 amide bonds. The van der Waals surface area contributed by atoms with Crippen molar-refractivity contribution in [1.29, 1.82) is 0 Å². The van der Waals surface area contributed by atoms with Gasteiger partial charge in [-0.05, 0) is 24.6 Å². The Morgan fingerprint density at radius 1 is 1.33 bits per heavy atom. The molecule has 0 saturated carbocycles. The van der Waals surface area contributed by atoms with Crippen LogP contribution in [-0.2, 0) is 4.79 Å². The van der Waals surface area contributed by atoms with Gasteiger partial charge in [0.05, 0.1) is 6.04 Å². The van der Waals surface area contributed by atoms with Gasteiger partial charge in [-0.2, -0.15) is 0 Å². The molecule has 1 aliphatic heterocycles. The van der Waals surface area contributed by atoms with Crippen LogP contribution in [0.5, 0.6) is 11.5 Å². The van der Waals surface area contributed by atoms with E-state index in [4.69, 9.17) is 9.47 Å². The van der Waals surface area contributed by atoms with E-state index in [1.165, 1.54) is 0 Å². The number of carbonyl (C=O) groups excluding carboxylic acids is 1. The number of rotatable bonds is 3. The molecule has 1 aromatic carbocycles. The normalized spacial score (nSPS) is 15.5. The van der Waals surface area contributed by atoms with Gasteiger partial charge in [-0.25, -0.2) is 0 Å². The van der Waals surface area contributed by atoms with E-state index in [0.717, 1.165) is 17.1 Å². The quantitative estimate of drug-likeness (QED) is 0.759. The van der Waals surface area contributed by atoms with Gasteiger partial charge in [0.15, 0.2) is 11.5 Å². The zero-order valence-corrected chi connectivity index (χ0v) is 8.53. The number of carbonyl (C=O) groups is 1. The Morgan fingerprint density at radius 3 is 2.80 bits per heavy atom. The molecule has 4 heteroatoms. The Labute approximate surface area is 88.2 Å². The Morgan fingerprint density at radius 2 is 2.07 bits per heavy atom. The van der Waals surface area contributed by atoms with E-state index in [9.17, 15) is 4.79 Å². The number of amides is 1. The van der Waals surface area contributed by atoms with Crippen molar-refractivity contribution in [2.24, 2.45) is 0 Å². The molecule has 0 aromatic heterocycles. The fraction of sp³-hybridized carbons (Fsp3) is 0.364. The van der Waals surface area contributed by atoms with Crippen molar-refractivity contribution < 1.29 is 14.3 Å². The smallest absolute Gasteiger partial charge is 0.207 e. The highest BCUT2D eigenvalue weighted by Gasteiger charge is 2.13. The SMILES string of the molecule is C[C@H](NC=O)c1ccc2c(c1)OCCO2. The van der Waals surface area contributed by atoms with Crippen LogP contribution < -0.4 is 14.8 Å². The van der Waals surface area contributed by atoms with Gasteiger partial charge in [0.2, 0.25) is 6.41 Å². The summed E-state index contributed by atoms with van der Waals surface area (Å²) in [6, 6.07) is 5.68. The fourth-order valence-electron chi connectivity index (χ4n) is 1.53. The van der Waals surface area contributed by atoms with Crippen LogP contribution in [0.15, 0.2) is 18.2 Å². The molecule has 1 heterocycles. The van der Waals surface area contributed by atoms with Crippen LogP contribution >= 0.6 is 0 Å². The molecular formula is C11H13NO3. The maximum absolute atomic E-state index is 10.3. The highest BCUT2D eigenvalue weighted by atomic mass is 16.6. The van der Waals surface area contributed by atoms with Crippen molar-refractivity contribution in [2.45, 2.75) is 13.0 Å². The molecule has 2 rings (SSSR count). The summed E-state index contributed by atoms with van der Waals surface area (Å²) in [6.45, 7) is 3.08. The van der Waals surface area contributed by atoms with Crippen molar-refractivity contribution in [3.05, 3.63) is 23.8 Å². The van der Waals surface area contributed by atoms with Gasteiger partial charge in [-0.1, -0.05) is 6.07 Å². The zero-order chi connectivity index (χ0) is 10.7. The van der Waals surface area contributed by atoms with Crippen LogP contribution in [-0.4, -0.2) is 19.6 Å². The predicted molar refractivity (Wildman–Crippen MR) is 55.0 cm³/mol. The molecule has 0 aliphatic carbocycles. The van der Waals surface area contributed by atoms with Crippen LogP contribution in [0.1, 0.15) is 18.5 Å². The Kier molecular flexibility index (Phi) is 2.76. The van der Waals surface area contributed by atoms with Gasteiger partial charge in [0, 0.05) is 0 Å². The molecule has 0 fully saturated rings. The summed E-state index contributed by atoms with van der Waals surface area (Å²) in [7, 11) is 0. The molecular weight excluding hydrogens is 194 g/mol. The number of ether oxygens (including phenoxy) is 2. The Hall–Kier alpha value is -1.71. The second kappa shape index (κ2) is 4.21. The molecule has 15 heavy (non-hydrogen) atoms. The first-order chi connectivity index (χ1) is 7.31. The Balaban J connectivity index is 2.23. The lowest BCUT2D eigenvalue weighted by atomic mass is 10.1. The van der Waals surface area contributed by atoms with Crippen LogP contribution in [0.25, 0.3) is 0 Å².